The highest BCUT2D eigenvalue weighted by atomic mass is 35.5. The van der Waals surface area contributed by atoms with E-state index in [0.29, 0.717) is 23.8 Å². The fraction of sp³-hybridized carbons (Fsp3) is 0.421. The Morgan fingerprint density at radius 1 is 1.28 bits per heavy atom. The largest absolute Gasteiger partial charge is 0.354 e. The van der Waals surface area contributed by atoms with Crippen molar-refractivity contribution in [2.24, 2.45) is 0 Å². The molecule has 0 bridgehead atoms. The van der Waals surface area contributed by atoms with Gasteiger partial charge in [0.2, 0.25) is 5.91 Å². The molecule has 1 aromatic carbocycles. The number of benzene rings is 1. The highest BCUT2D eigenvalue weighted by Gasteiger charge is 2.45. The average molecular weight is 360 g/mol. The molecule has 1 aromatic heterocycles. The van der Waals surface area contributed by atoms with Crippen LogP contribution in [0.15, 0.2) is 35.1 Å². The molecule has 5 nitrogen and oxygen atoms in total. The third kappa shape index (κ3) is 3.47. The second-order valence-electron chi connectivity index (χ2n) is 6.67. The molecule has 1 aliphatic rings. The number of hydrogen-bond acceptors (Lipinski definition) is 3. The van der Waals surface area contributed by atoms with Crippen molar-refractivity contribution in [2.45, 2.75) is 45.1 Å². The Hall–Kier alpha value is -2.14. The number of nitrogens with zero attached hydrogens (tertiary/aromatic N) is 2. The monoisotopic (exact) mass is 359 g/mol. The van der Waals surface area contributed by atoms with Crippen LogP contribution >= 0.6 is 11.6 Å². The van der Waals surface area contributed by atoms with Gasteiger partial charge < -0.3 is 5.32 Å². The molecule has 6 heteroatoms. The van der Waals surface area contributed by atoms with Gasteiger partial charge in [0.05, 0.1) is 5.41 Å². The number of nitrogens with one attached hydrogen (secondary N) is 1. The molecule has 25 heavy (non-hydrogen) atoms. The summed E-state index contributed by atoms with van der Waals surface area (Å²) < 4.78 is 1.59. The van der Waals surface area contributed by atoms with Gasteiger partial charge in [0, 0.05) is 29.5 Å². The van der Waals surface area contributed by atoms with Gasteiger partial charge >= 0.3 is 5.69 Å². The molecule has 1 heterocycles. The number of carbonyl (C=O) groups excluding carboxylic acids is 1. The van der Waals surface area contributed by atoms with Gasteiger partial charge in [-0.2, -0.15) is 4.98 Å². The van der Waals surface area contributed by atoms with Crippen molar-refractivity contribution < 1.29 is 4.79 Å². The van der Waals surface area contributed by atoms with Gasteiger partial charge in [-0.1, -0.05) is 30.2 Å². The van der Waals surface area contributed by atoms with E-state index in [2.05, 4.69) is 10.3 Å². The number of halogens is 1. The van der Waals surface area contributed by atoms with Crippen molar-refractivity contribution in [2.75, 3.05) is 6.54 Å². The van der Waals surface area contributed by atoms with E-state index in [4.69, 9.17) is 11.6 Å². The quantitative estimate of drug-likeness (QED) is 0.892. The van der Waals surface area contributed by atoms with Gasteiger partial charge in [-0.05, 0) is 50.5 Å². The van der Waals surface area contributed by atoms with Crippen LogP contribution in [0.4, 0.5) is 0 Å². The SMILES string of the molecule is Cc1cc(C)n(CCNC(=O)C2(c3ccc(Cl)cc3)CCC2)c(=O)n1. The zero-order valence-electron chi connectivity index (χ0n) is 14.5. The maximum absolute atomic E-state index is 12.8. The minimum absolute atomic E-state index is 0.0202. The molecule has 3 rings (SSSR count). The summed E-state index contributed by atoms with van der Waals surface area (Å²) in [6.07, 6.45) is 2.72. The summed E-state index contributed by atoms with van der Waals surface area (Å²) in [6, 6.07) is 9.37. The summed E-state index contributed by atoms with van der Waals surface area (Å²) in [5, 5.41) is 3.66. The number of aryl methyl sites for hydroxylation is 2. The first-order valence-corrected chi connectivity index (χ1v) is 8.90. The number of carbonyl (C=O) groups is 1. The Balaban J connectivity index is 1.68. The van der Waals surface area contributed by atoms with E-state index in [-0.39, 0.29) is 11.6 Å². The average Bonchev–Trinajstić information content (AvgIpc) is 2.50. The van der Waals surface area contributed by atoms with Crippen molar-refractivity contribution in [3.63, 3.8) is 0 Å². The smallest absolute Gasteiger partial charge is 0.348 e. The van der Waals surface area contributed by atoms with Crippen LogP contribution in [0.2, 0.25) is 5.02 Å². The fourth-order valence-corrected chi connectivity index (χ4v) is 3.57. The van der Waals surface area contributed by atoms with Crippen LogP contribution < -0.4 is 11.0 Å². The van der Waals surface area contributed by atoms with Crippen molar-refractivity contribution in [3.8, 4) is 0 Å². The molecule has 0 unspecified atom stereocenters. The molecular weight excluding hydrogens is 338 g/mol. The van der Waals surface area contributed by atoms with Crippen LogP contribution in [0.25, 0.3) is 0 Å². The first kappa shape index (κ1) is 17.7. The van der Waals surface area contributed by atoms with E-state index in [1.165, 1.54) is 0 Å². The molecule has 1 saturated carbocycles. The minimum Gasteiger partial charge on any atom is -0.354 e. The molecule has 2 aromatic rings. The molecule has 0 spiro atoms. The van der Waals surface area contributed by atoms with E-state index in [9.17, 15) is 9.59 Å². The molecule has 0 atom stereocenters. The second-order valence-corrected chi connectivity index (χ2v) is 7.11. The number of aromatic nitrogens is 2. The van der Waals surface area contributed by atoms with Crippen molar-refractivity contribution in [1.82, 2.24) is 14.9 Å². The lowest BCUT2D eigenvalue weighted by molar-refractivity contribution is -0.129. The molecular formula is C19H22ClN3O2. The lowest BCUT2D eigenvalue weighted by Gasteiger charge is -2.40. The van der Waals surface area contributed by atoms with E-state index < -0.39 is 5.41 Å². The summed E-state index contributed by atoms with van der Waals surface area (Å²) in [5.74, 6) is 0.0202. The normalized spacial score (nSPS) is 15.5. The molecule has 0 aliphatic heterocycles. The lowest BCUT2D eigenvalue weighted by Crippen LogP contribution is -2.50. The first-order valence-electron chi connectivity index (χ1n) is 8.52. The summed E-state index contributed by atoms with van der Waals surface area (Å²) >= 11 is 5.96. The standard InChI is InChI=1S/C19H22ClN3O2/c1-13-12-14(2)23(18(25)22-13)11-10-21-17(24)19(8-3-9-19)15-4-6-16(20)7-5-15/h4-7,12H,3,8-11H2,1-2H3,(H,21,24). The molecule has 132 valence electrons. The first-order chi connectivity index (χ1) is 11.9. The van der Waals surface area contributed by atoms with E-state index >= 15 is 0 Å². The fourth-order valence-electron chi connectivity index (χ4n) is 3.44. The van der Waals surface area contributed by atoms with Crippen LogP contribution in [0.3, 0.4) is 0 Å². The maximum atomic E-state index is 12.8. The van der Waals surface area contributed by atoms with E-state index in [1.807, 2.05) is 37.3 Å². The molecule has 0 radical (unpaired) electrons. The Kier molecular flexibility index (Phi) is 4.95. The molecule has 1 aliphatic carbocycles. The predicted molar refractivity (Wildman–Crippen MR) is 98.0 cm³/mol. The Bertz CT molecular complexity index is 839. The molecule has 1 amide bonds. The summed E-state index contributed by atoms with van der Waals surface area (Å²) in [6.45, 7) is 4.49. The number of amides is 1. The van der Waals surface area contributed by atoms with Gasteiger partial charge in [0.25, 0.3) is 0 Å². The topological polar surface area (TPSA) is 64.0 Å². The van der Waals surface area contributed by atoms with Gasteiger partial charge in [0.1, 0.15) is 0 Å². The number of rotatable bonds is 5. The molecule has 1 fully saturated rings. The van der Waals surface area contributed by atoms with Gasteiger partial charge in [0.15, 0.2) is 0 Å². The summed E-state index contributed by atoms with van der Waals surface area (Å²) in [4.78, 5) is 28.7. The van der Waals surface area contributed by atoms with Crippen LogP contribution in [0, 0.1) is 13.8 Å². The predicted octanol–water partition coefficient (Wildman–Crippen LogP) is 2.75. The van der Waals surface area contributed by atoms with E-state index in [1.54, 1.807) is 11.5 Å². The zero-order chi connectivity index (χ0) is 18.0. The van der Waals surface area contributed by atoms with Crippen molar-refractivity contribution in [3.05, 3.63) is 62.8 Å². The number of hydrogen-bond donors (Lipinski definition) is 1. The van der Waals surface area contributed by atoms with Gasteiger partial charge in [-0.25, -0.2) is 4.79 Å². The van der Waals surface area contributed by atoms with Gasteiger partial charge in [-0.15, -0.1) is 0 Å². The van der Waals surface area contributed by atoms with Crippen molar-refractivity contribution >= 4 is 17.5 Å². The lowest BCUT2D eigenvalue weighted by atomic mass is 9.64. The summed E-state index contributed by atoms with van der Waals surface area (Å²) in [5.41, 5.74) is 1.83. The van der Waals surface area contributed by atoms with Crippen LogP contribution in [-0.4, -0.2) is 22.0 Å². The highest BCUT2D eigenvalue weighted by molar-refractivity contribution is 6.30. The second kappa shape index (κ2) is 7.00. The van der Waals surface area contributed by atoms with Crippen LogP contribution in [0.1, 0.15) is 36.2 Å². The Morgan fingerprint density at radius 2 is 1.96 bits per heavy atom. The van der Waals surface area contributed by atoms with E-state index in [0.717, 1.165) is 30.5 Å². The maximum Gasteiger partial charge on any atom is 0.348 e. The summed E-state index contributed by atoms with van der Waals surface area (Å²) in [7, 11) is 0. The van der Waals surface area contributed by atoms with Crippen LogP contribution in [-0.2, 0) is 16.8 Å². The third-order valence-corrected chi connectivity index (χ3v) is 5.26. The molecule has 0 saturated heterocycles. The van der Waals surface area contributed by atoms with Gasteiger partial charge in [-0.3, -0.25) is 9.36 Å². The minimum atomic E-state index is -0.462. The Morgan fingerprint density at radius 3 is 2.52 bits per heavy atom. The van der Waals surface area contributed by atoms with Crippen LogP contribution in [0.5, 0.6) is 0 Å². The highest BCUT2D eigenvalue weighted by Crippen LogP contribution is 2.44. The van der Waals surface area contributed by atoms with Crippen molar-refractivity contribution in [1.29, 1.82) is 0 Å². The Labute approximate surface area is 152 Å². The molecule has 1 N–H and O–H groups in total. The zero-order valence-corrected chi connectivity index (χ0v) is 15.3. The third-order valence-electron chi connectivity index (χ3n) is 5.01.